The molecular formula is C13H15N5O2. The summed E-state index contributed by atoms with van der Waals surface area (Å²) in [5, 5.41) is 13.5. The number of H-pyrrole nitrogens is 1. The average Bonchev–Trinajstić information content (AvgIpc) is 3.05. The SMILES string of the molecule is Cc1ccc(C(C)(O)CNc2ncnc3nc[nH]c23)o1. The fraction of sp³-hybridized carbons (Fsp3) is 0.308. The van der Waals surface area contributed by atoms with Gasteiger partial charge in [0.2, 0.25) is 0 Å². The van der Waals surface area contributed by atoms with Crippen LogP contribution in [0.15, 0.2) is 29.2 Å². The van der Waals surface area contributed by atoms with Crippen LogP contribution in [0, 0.1) is 6.92 Å². The van der Waals surface area contributed by atoms with Crippen molar-refractivity contribution < 1.29 is 9.52 Å². The zero-order chi connectivity index (χ0) is 14.2. The van der Waals surface area contributed by atoms with Crippen molar-refractivity contribution in [3.05, 3.63) is 36.3 Å². The maximum atomic E-state index is 10.5. The molecule has 0 amide bonds. The number of nitrogens with zero attached hydrogens (tertiary/aromatic N) is 3. The van der Waals surface area contributed by atoms with E-state index in [9.17, 15) is 5.11 Å². The summed E-state index contributed by atoms with van der Waals surface area (Å²) in [7, 11) is 0. The van der Waals surface area contributed by atoms with Gasteiger partial charge in [0, 0.05) is 0 Å². The fourth-order valence-electron chi connectivity index (χ4n) is 1.97. The number of aromatic amines is 1. The van der Waals surface area contributed by atoms with Gasteiger partial charge in [-0.25, -0.2) is 15.0 Å². The molecule has 0 aliphatic heterocycles. The predicted molar refractivity (Wildman–Crippen MR) is 73.2 cm³/mol. The van der Waals surface area contributed by atoms with E-state index in [0.717, 1.165) is 5.76 Å². The normalized spacial score (nSPS) is 14.3. The molecule has 3 rings (SSSR count). The van der Waals surface area contributed by atoms with Crippen molar-refractivity contribution in [3.63, 3.8) is 0 Å². The number of hydrogen-bond donors (Lipinski definition) is 3. The van der Waals surface area contributed by atoms with Crippen LogP contribution < -0.4 is 5.32 Å². The van der Waals surface area contributed by atoms with E-state index < -0.39 is 5.60 Å². The Morgan fingerprint density at radius 1 is 1.35 bits per heavy atom. The van der Waals surface area contributed by atoms with E-state index in [2.05, 4.69) is 25.3 Å². The molecule has 0 aromatic carbocycles. The quantitative estimate of drug-likeness (QED) is 0.667. The molecule has 20 heavy (non-hydrogen) atoms. The minimum atomic E-state index is -1.13. The molecule has 0 aliphatic rings. The monoisotopic (exact) mass is 273 g/mol. The van der Waals surface area contributed by atoms with Crippen LogP contribution in [0.1, 0.15) is 18.4 Å². The number of aryl methyl sites for hydroxylation is 1. The van der Waals surface area contributed by atoms with Crippen LogP contribution in [-0.2, 0) is 5.60 Å². The van der Waals surface area contributed by atoms with Crippen LogP contribution in [0.5, 0.6) is 0 Å². The molecule has 1 atom stereocenters. The van der Waals surface area contributed by atoms with E-state index in [1.165, 1.54) is 6.33 Å². The van der Waals surface area contributed by atoms with Gasteiger partial charge >= 0.3 is 0 Å². The van der Waals surface area contributed by atoms with Crippen LogP contribution in [0.3, 0.4) is 0 Å². The van der Waals surface area contributed by atoms with Crippen molar-refractivity contribution in [2.75, 3.05) is 11.9 Å². The molecule has 0 saturated carbocycles. The first kappa shape index (κ1) is 12.6. The van der Waals surface area contributed by atoms with Gasteiger partial charge in [-0.15, -0.1) is 0 Å². The van der Waals surface area contributed by atoms with E-state index >= 15 is 0 Å². The second-order valence-electron chi connectivity index (χ2n) is 4.86. The molecule has 104 valence electrons. The Morgan fingerprint density at radius 3 is 2.95 bits per heavy atom. The zero-order valence-electron chi connectivity index (χ0n) is 11.2. The van der Waals surface area contributed by atoms with E-state index in [1.54, 1.807) is 19.3 Å². The molecular weight excluding hydrogens is 258 g/mol. The first-order valence-corrected chi connectivity index (χ1v) is 6.23. The zero-order valence-corrected chi connectivity index (χ0v) is 11.2. The molecule has 3 aromatic heterocycles. The highest BCUT2D eigenvalue weighted by atomic mass is 16.4. The molecule has 0 bridgehead atoms. The lowest BCUT2D eigenvalue weighted by Crippen LogP contribution is -2.30. The maximum Gasteiger partial charge on any atom is 0.182 e. The molecule has 7 nitrogen and oxygen atoms in total. The highest BCUT2D eigenvalue weighted by Gasteiger charge is 2.27. The van der Waals surface area contributed by atoms with Crippen molar-refractivity contribution in [1.82, 2.24) is 19.9 Å². The van der Waals surface area contributed by atoms with E-state index in [-0.39, 0.29) is 6.54 Å². The fourth-order valence-corrected chi connectivity index (χ4v) is 1.97. The van der Waals surface area contributed by atoms with Gasteiger partial charge in [-0.3, -0.25) is 0 Å². The molecule has 0 fully saturated rings. The number of hydrogen-bond acceptors (Lipinski definition) is 6. The summed E-state index contributed by atoms with van der Waals surface area (Å²) in [6, 6.07) is 3.59. The number of anilines is 1. The van der Waals surface area contributed by atoms with Crippen LogP contribution in [-0.4, -0.2) is 31.6 Å². The van der Waals surface area contributed by atoms with Crippen molar-refractivity contribution in [2.45, 2.75) is 19.4 Å². The summed E-state index contributed by atoms with van der Waals surface area (Å²) in [5.74, 6) is 1.87. The van der Waals surface area contributed by atoms with Crippen molar-refractivity contribution in [1.29, 1.82) is 0 Å². The van der Waals surface area contributed by atoms with Crippen LogP contribution in [0.4, 0.5) is 5.82 Å². The van der Waals surface area contributed by atoms with Crippen molar-refractivity contribution in [2.24, 2.45) is 0 Å². The van der Waals surface area contributed by atoms with E-state index in [1.807, 2.05) is 13.0 Å². The second-order valence-corrected chi connectivity index (χ2v) is 4.86. The smallest absolute Gasteiger partial charge is 0.182 e. The number of imidazole rings is 1. The number of aromatic nitrogens is 4. The van der Waals surface area contributed by atoms with Crippen LogP contribution in [0.25, 0.3) is 11.2 Å². The van der Waals surface area contributed by atoms with Crippen molar-refractivity contribution >= 4 is 17.0 Å². The van der Waals surface area contributed by atoms with Crippen molar-refractivity contribution in [3.8, 4) is 0 Å². The summed E-state index contributed by atoms with van der Waals surface area (Å²) in [6.45, 7) is 3.78. The molecule has 0 saturated heterocycles. The highest BCUT2D eigenvalue weighted by Crippen LogP contribution is 2.24. The lowest BCUT2D eigenvalue weighted by molar-refractivity contribution is 0.0467. The molecule has 1 unspecified atom stereocenters. The summed E-state index contributed by atoms with van der Waals surface area (Å²) < 4.78 is 5.47. The molecule has 0 spiro atoms. The standard InChI is InChI=1S/C13H15N5O2/c1-8-3-4-9(20-8)13(2,19)5-14-11-10-12(16-6-15-10)18-7-17-11/h3-4,6-7,19H,5H2,1-2H3,(H2,14,15,16,17,18). The third kappa shape index (κ3) is 2.23. The van der Waals surface area contributed by atoms with E-state index in [4.69, 9.17) is 4.42 Å². The number of furan rings is 1. The minimum absolute atomic E-state index is 0.255. The Hall–Kier alpha value is -2.41. The Balaban J connectivity index is 1.80. The largest absolute Gasteiger partial charge is 0.463 e. The van der Waals surface area contributed by atoms with Gasteiger partial charge in [-0.05, 0) is 26.0 Å². The highest BCUT2D eigenvalue weighted by molar-refractivity contribution is 5.81. The third-order valence-corrected chi connectivity index (χ3v) is 3.09. The Labute approximate surface area is 115 Å². The lowest BCUT2D eigenvalue weighted by atomic mass is 10.0. The molecule has 3 heterocycles. The number of nitrogens with one attached hydrogen (secondary N) is 2. The average molecular weight is 273 g/mol. The first-order valence-electron chi connectivity index (χ1n) is 6.23. The Bertz CT molecular complexity index is 731. The first-order chi connectivity index (χ1) is 9.56. The molecule has 3 N–H and O–H groups in total. The van der Waals surface area contributed by atoms with Gasteiger partial charge in [0.1, 0.15) is 29.0 Å². The minimum Gasteiger partial charge on any atom is -0.463 e. The molecule has 7 heteroatoms. The topological polar surface area (TPSA) is 99.9 Å². The van der Waals surface area contributed by atoms with Crippen LogP contribution >= 0.6 is 0 Å². The Kier molecular flexibility index (Phi) is 2.90. The van der Waals surface area contributed by atoms with Gasteiger partial charge in [0.15, 0.2) is 11.5 Å². The summed E-state index contributed by atoms with van der Waals surface area (Å²) >= 11 is 0. The summed E-state index contributed by atoms with van der Waals surface area (Å²) in [6.07, 6.45) is 2.98. The number of aliphatic hydroxyl groups is 1. The maximum absolute atomic E-state index is 10.5. The third-order valence-electron chi connectivity index (χ3n) is 3.09. The van der Waals surface area contributed by atoms with Gasteiger partial charge in [0.25, 0.3) is 0 Å². The molecule has 0 aliphatic carbocycles. The number of rotatable bonds is 4. The summed E-state index contributed by atoms with van der Waals surface area (Å²) in [4.78, 5) is 15.2. The van der Waals surface area contributed by atoms with Gasteiger partial charge < -0.3 is 19.8 Å². The Morgan fingerprint density at radius 2 is 2.20 bits per heavy atom. The van der Waals surface area contributed by atoms with Crippen LogP contribution in [0.2, 0.25) is 0 Å². The molecule has 0 radical (unpaired) electrons. The molecule has 3 aromatic rings. The lowest BCUT2D eigenvalue weighted by Gasteiger charge is -2.21. The van der Waals surface area contributed by atoms with E-state index in [0.29, 0.717) is 22.7 Å². The van der Waals surface area contributed by atoms with Gasteiger partial charge in [-0.2, -0.15) is 0 Å². The predicted octanol–water partition coefficient (Wildman–Crippen LogP) is 1.57. The summed E-state index contributed by atoms with van der Waals surface area (Å²) in [5.41, 5.74) is 0.154. The van der Waals surface area contributed by atoms with Gasteiger partial charge in [-0.1, -0.05) is 0 Å². The second kappa shape index (κ2) is 4.61. The van der Waals surface area contributed by atoms with Gasteiger partial charge in [0.05, 0.1) is 12.9 Å². The number of fused-ring (bicyclic) bond motifs is 1.